The molecule has 0 fully saturated rings. The molecule has 1 unspecified atom stereocenters. The maximum atomic E-state index is 11.7. The Balaban J connectivity index is 2.43. The summed E-state index contributed by atoms with van der Waals surface area (Å²) in [5.41, 5.74) is 6.73. The first-order valence-electron chi connectivity index (χ1n) is 5.88. The topological polar surface area (TPSA) is 63.4 Å². The fourth-order valence-electron chi connectivity index (χ4n) is 1.95. The van der Waals surface area contributed by atoms with Gasteiger partial charge < -0.3 is 10.5 Å². The van der Waals surface area contributed by atoms with Gasteiger partial charge in [0.2, 0.25) is 0 Å². The summed E-state index contributed by atoms with van der Waals surface area (Å²) in [6.45, 7) is 0. The lowest BCUT2D eigenvalue weighted by Gasteiger charge is -2.26. The van der Waals surface area contributed by atoms with Gasteiger partial charge in [-0.15, -0.1) is 0 Å². The van der Waals surface area contributed by atoms with E-state index >= 15 is 0 Å². The summed E-state index contributed by atoms with van der Waals surface area (Å²) in [6, 6.07) is 16.6. The van der Waals surface area contributed by atoms with Gasteiger partial charge in [-0.25, -0.2) is 4.79 Å². The molecule has 0 aliphatic rings. The van der Waals surface area contributed by atoms with E-state index in [4.69, 9.17) is 5.73 Å². The maximum absolute atomic E-state index is 11.7. The van der Waals surface area contributed by atoms with Crippen LogP contribution < -0.4 is 10.6 Å². The second-order valence-corrected chi connectivity index (χ2v) is 4.04. The monoisotopic (exact) mass is 254 g/mol. The third-order valence-corrected chi connectivity index (χ3v) is 2.82. The Bertz CT molecular complexity index is 555. The lowest BCUT2D eigenvalue weighted by molar-refractivity contribution is -0.108. The van der Waals surface area contributed by atoms with E-state index in [1.165, 1.54) is 4.90 Å². The number of benzene rings is 2. The van der Waals surface area contributed by atoms with Crippen LogP contribution >= 0.6 is 0 Å². The second-order valence-electron chi connectivity index (χ2n) is 4.04. The third kappa shape index (κ3) is 2.80. The summed E-state index contributed by atoms with van der Waals surface area (Å²) < 4.78 is 0. The molecule has 2 aromatic carbocycles. The summed E-state index contributed by atoms with van der Waals surface area (Å²) >= 11 is 0. The molecule has 0 aliphatic carbocycles. The molecule has 96 valence electrons. The Morgan fingerprint density at radius 1 is 1.00 bits per heavy atom. The van der Waals surface area contributed by atoms with Crippen molar-refractivity contribution >= 4 is 18.0 Å². The molecule has 2 N–H and O–H groups in total. The minimum absolute atomic E-state index is 0.593. The summed E-state index contributed by atoms with van der Waals surface area (Å²) in [4.78, 5) is 24.3. The fourth-order valence-corrected chi connectivity index (χ4v) is 1.95. The van der Waals surface area contributed by atoms with Gasteiger partial charge in [0.05, 0.1) is 0 Å². The molecular weight excluding hydrogens is 240 g/mol. The molecule has 0 saturated heterocycles. The first-order chi connectivity index (χ1) is 9.24. The van der Waals surface area contributed by atoms with Crippen molar-refractivity contribution in [2.24, 2.45) is 5.73 Å². The summed E-state index contributed by atoms with van der Waals surface area (Å²) in [5.74, 6) is 0. The highest BCUT2D eigenvalue weighted by atomic mass is 16.2. The van der Waals surface area contributed by atoms with Crippen molar-refractivity contribution in [3.63, 3.8) is 0 Å². The van der Waals surface area contributed by atoms with Crippen molar-refractivity contribution < 1.29 is 9.59 Å². The summed E-state index contributed by atoms with van der Waals surface area (Å²) in [5, 5.41) is 0. The Labute approximate surface area is 111 Å². The lowest BCUT2D eigenvalue weighted by atomic mass is 10.1. The Morgan fingerprint density at radius 3 is 2.00 bits per heavy atom. The van der Waals surface area contributed by atoms with Crippen molar-refractivity contribution in [2.45, 2.75) is 6.04 Å². The van der Waals surface area contributed by atoms with Crippen LogP contribution in [0.15, 0.2) is 60.7 Å². The standard InChI is InChI=1S/C15H14N2O2/c16-15(19)17(13-9-5-2-6-10-13)14(11-18)12-7-3-1-4-8-12/h1-11,14H,(H2,16,19). The van der Waals surface area contributed by atoms with Gasteiger partial charge in [0.15, 0.2) is 0 Å². The summed E-state index contributed by atoms with van der Waals surface area (Å²) in [6.07, 6.45) is 0.715. The number of carbonyl (C=O) groups is 2. The van der Waals surface area contributed by atoms with Crippen LogP contribution in [0.1, 0.15) is 11.6 Å². The van der Waals surface area contributed by atoms with Crippen molar-refractivity contribution in [3.05, 3.63) is 66.2 Å². The number of aldehydes is 1. The quantitative estimate of drug-likeness (QED) is 0.852. The number of anilines is 1. The predicted octanol–water partition coefficient (Wildman–Crippen LogP) is 2.51. The van der Waals surface area contributed by atoms with Gasteiger partial charge in [-0.3, -0.25) is 4.90 Å². The number of nitrogens with zero attached hydrogens (tertiary/aromatic N) is 1. The number of urea groups is 1. The zero-order valence-corrected chi connectivity index (χ0v) is 10.3. The van der Waals surface area contributed by atoms with Crippen molar-refractivity contribution in [3.8, 4) is 0 Å². The number of para-hydroxylation sites is 1. The molecule has 0 heterocycles. The van der Waals surface area contributed by atoms with Crippen molar-refractivity contribution in [1.82, 2.24) is 0 Å². The van der Waals surface area contributed by atoms with Gasteiger partial charge in [0.1, 0.15) is 12.3 Å². The molecule has 0 aromatic heterocycles. The van der Waals surface area contributed by atoms with Crippen molar-refractivity contribution in [2.75, 3.05) is 4.90 Å². The lowest BCUT2D eigenvalue weighted by Crippen LogP contribution is -2.39. The average molecular weight is 254 g/mol. The van der Waals surface area contributed by atoms with Gasteiger partial charge in [-0.2, -0.15) is 0 Å². The third-order valence-electron chi connectivity index (χ3n) is 2.82. The fraction of sp³-hybridized carbons (Fsp3) is 0.0667. The SMILES string of the molecule is NC(=O)N(c1ccccc1)C(C=O)c1ccccc1. The molecule has 2 amide bonds. The van der Waals surface area contributed by atoms with E-state index in [1.54, 1.807) is 36.4 Å². The van der Waals surface area contributed by atoms with Crippen LogP contribution in [0.5, 0.6) is 0 Å². The van der Waals surface area contributed by atoms with Crippen molar-refractivity contribution in [1.29, 1.82) is 0 Å². The van der Waals surface area contributed by atoms with Gasteiger partial charge in [-0.1, -0.05) is 48.5 Å². The van der Waals surface area contributed by atoms with Crippen LogP contribution in [0.25, 0.3) is 0 Å². The van der Waals surface area contributed by atoms with Crippen LogP contribution in [0.2, 0.25) is 0 Å². The van der Waals surface area contributed by atoms with Crippen LogP contribution in [0.3, 0.4) is 0 Å². The van der Waals surface area contributed by atoms with E-state index in [0.717, 1.165) is 5.56 Å². The molecule has 4 heteroatoms. The Morgan fingerprint density at radius 2 is 1.53 bits per heavy atom. The van der Waals surface area contributed by atoms with Crippen LogP contribution in [0, 0.1) is 0 Å². The van der Waals surface area contributed by atoms with E-state index in [-0.39, 0.29) is 0 Å². The normalized spacial score (nSPS) is 11.6. The number of hydrogen-bond donors (Lipinski definition) is 1. The zero-order chi connectivity index (χ0) is 13.7. The molecule has 2 rings (SSSR count). The van der Waals surface area contributed by atoms with Gasteiger partial charge in [-0.05, 0) is 17.7 Å². The largest absolute Gasteiger partial charge is 0.351 e. The molecule has 0 spiro atoms. The Kier molecular flexibility index (Phi) is 3.93. The van der Waals surface area contributed by atoms with E-state index in [9.17, 15) is 9.59 Å². The maximum Gasteiger partial charge on any atom is 0.320 e. The molecule has 0 radical (unpaired) electrons. The number of primary amides is 1. The van der Waals surface area contributed by atoms with Crippen LogP contribution in [-0.2, 0) is 4.79 Å². The number of carbonyl (C=O) groups excluding carboxylic acids is 2. The Hall–Kier alpha value is -2.62. The molecule has 0 bridgehead atoms. The van der Waals surface area contributed by atoms with E-state index in [1.807, 2.05) is 24.3 Å². The van der Waals surface area contributed by atoms with E-state index < -0.39 is 12.1 Å². The highest BCUT2D eigenvalue weighted by Crippen LogP contribution is 2.25. The van der Waals surface area contributed by atoms with Gasteiger partial charge >= 0.3 is 6.03 Å². The number of amides is 2. The minimum atomic E-state index is -0.721. The second kappa shape index (κ2) is 5.82. The summed E-state index contributed by atoms with van der Waals surface area (Å²) in [7, 11) is 0. The van der Waals surface area contributed by atoms with Gasteiger partial charge in [0.25, 0.3) is 0 Å². The minimum Gasteiger partial charge on any atom is -0.351 e. The number of hydrogen-bond acceptors (Lipinski definition) is 2. The molecule has 0 saturated carbocycles. The number of rotatable bonds is 4. The molecular formula is C15H14N2O2. The first kappa shape index (κ1) is 12.8. The first-order valence-corrected chi connectivity index (χ1v) is 5.88. The smallest absolute Gasteiger partial charge is 0.320 e. The molecule has 19 heavy (non-hydrogen) atoms. The van der Waals surface area contributed by atoms with Crippen LogP contribution in [-0.4, -0.2) is 12.3 Å². The molecule has 4 nitrogen and oxygen atoms in total. The molecule has 1 atom stereocenters. The predicted molar refractivity (Wildman–Crippen MR) is 73.8 cm³/mol. The highest BCUT2D eigenvalue weighted by Gasteiger charge is 2.24. The average Bonchev–Trinajstić information content (AvgIpc) is 2.46. The highest BCUT2D eigenvalue weighted by molar-refractivity contribution is 5.95. The molecule has 2 aromatic rings. The number of nitrogens with two attached hydrogens (primary N) is 1. The van der Waals surface area contributed by atoms with E-state index in [0.29, 0.717) is 12.0 Å². The van der Waals surface area contributed by atoms with Gasteiger partial charge in [0, 0.05) is 5.69 Å². The van der Waals surface area contributed by atoms with Crippen LogP contribution in [0.4, 0.5) is 10.5 Å². The zero-order valence-electron chi connectivity index (χ0n) is 10.3. The van der Waals surface area contributed by atoms with E-state index in [2.05, 4.69) is 0 Å². The molecule has 0 aliphatic heterocycles.